The Labute approximate surface area is 156 Å². The lowest BCUT2D eigenvalue weighted by atomic mass is 10.2. The monoisotopic (exact) mass is 373 g/mol. The van der Waals surface area contributed by atoms with Crippen molar-refractivity contribution in [3.63, 3.8) is 0 Å². The first-order valence-corrected chi connectivity index (χ1v) is 8.51. The van der Waals surface area contributed by atoms with E-state index in [2.05, 4.69) is 16.2 Å². The van der Waals surface area contributed by atoms with Crippen LogP contribution < -0.4 is 30.4 Å². The van der Waals surface area contributed by atoms with Gasteiger partial charge in [0.25, 0.3) is 5.91 Å². The van der Waals surface area contributed by atoms with E-state index >= 15 is 0 Å². The highest BCUT2D eigenvalue weighted by Crippen LogP contribution is 2.32. The fraction of sp³-hybridized carbons (Fsp3) is 0.222. The molecule has 2 aromatic rings. The molecule has 7 nitrogen and oxygen atoms in total. The van der Waals surface area contributed by atoms with Crippen LogP contribution >= 0.6 is 12.2 Å². The van der Waals surface area contributed by atoms with Gasteiger partial charge in [0.05, 0.1) is 0 Å². The van der Waals surface area contributed by atoms with Crippen LogP contribution in [-0.2, 0) is 4.79 Å². The van der Waals surface area contributed by atoms with Crippen molar-refractivity contribution in [2.45, 2.75) is 13.0 Å². The molecule has 1 heterocycles. The summed E-state index contributed by atoms with van der Waals surface area (Å²) in [5.74, 6) is 1.62. The van der Waals surface area contributed by atoms with E-state index in [1.807, 2.05) is 24.3 Å². The fourth-order valence-corrected chi connectivity index (χ4v) is 2.43. The van der Waals surface area contributed by atoms with Crippen molar-refractivity contribution in [1.29, 1.82) is 0 Å². The third kappa shape index (κ3) is 4.76. The number of hydrazine groups is 1. The quantitative estimate of drug-likeness (QED) is 0.560. The molecule has 0 aromatic heterocycles. The Kier molecular flexibility index (Phi) is 5.75. The van der Waals surface area contributed by atoms with Gasteiger partial charge >= 0.3 is 0 Å². The molecule has 0 aliphatic carbocycles. The molecule has 0 bridgehead atoms. The Balaban J connectivity index is 1.47. The summed E-state index contributed by atoms with van der Waals surface area (Å²) in [7, 11) is 0. The topological polar surface area (TPSA) is 80.9 Å². The molecule has 2 aromatic carbocycles. The molecule has 0 saturated heterocycles. The predicted molar refractivity (Wildman–Crippen MR) is 101 cm³/mol. The van der Waals surface area contributed by atoms with Crippen LogP contribution in [0.5, 0.6) is 17.2 Å². The number of nitrogens with one attached hydrogen (secondary N) is 3. The highest BCUT2D eigenvalue weighted by molar-refractivity contribution is 7.80. The predicted octanol–water partition coefficient (Wildman–Crippen LogP) is 2.24. The molecule has 0 fully saturated rings. The lowest BCUT2D eigenvalue weighted by Crippen LogP contribution is -2.48. The summed E-state index contributed by atoms with van der Waals surface area (Å²) in [6.07, 6.45) is -0.679. The van der Waals surface area contributed by atoms with E-state index in [4.69, 9.17) is 26.4 Å². The molecule has 8 heteroatoms. The standard InChI is InChI=1S/C18H19N3O4S/c1-12(25-14-5-3-2-4-6-14)17(22)20-21-18(26)19-13-7-8-15-16(11-13)24-10-9-23-15/h2-8,11-12H,9-10H2,1H3,(H,20,22)(H2,19,21,26). The zero-order valence-corrected chi connectivity index (χ0v) is 15.0. The number of amides is 1. The maximum Gasteiger partial charge on any atom is 0.279 e. The van der Waals surface area contributed by atoms with Crippen LogP contribution in [0.2, 0.25) is 0 Å². The van der Waals surface area contributed by atoms with Crippen LogP contribution in [0.15, 0.2) is 48.5 Å². The number of anilines is 1. The zero-order chi connectivity index (χ0) is 18.4. The van der Waals surface area contributed by atoms with Crippen molar-refractivity contribution in [2.75, 3.05) is 18.5 Å². The molecule has 3 N–H and O–H groups in total. The molecule has 1 amide bonds. The Morgan fingerprint density at radius 2 is 1.81 bits per heavy atom. The lowest BCUT2D eigenvalue weighted by molar-refractivity contribution is -0.127. The van der Waals surface area contributed by atoms with Crippen LogP contribution in [-0.4, -0.2) is 30.3 Å². The molecule has 1 unspecified atom stereocenters. The van der Waals surface area contributed by atoms with Crippen molar-refractivity contribution < 1.29 is 19.0 Å². The minimum atomic E-state index is -0.679. The largest absolute Gasteiger partial charge is 0.486 e. The van der Waals surface area contributed by atoms with Crippen molar-refractivity contribution in [1.82, 2.24) is 10.9 Å². The van der Waals surface area contributed by atoms with E-state index in [0.29, 0.717) is 30.5 Å². The summed E-state index contributed by atoms with van der Waals surface area (Å²) in [5.41, 5.74) is 5.88. The summed E-state index contributed by atoms with van der Waals surface area (Å²) >= 11 is 5.18. The van der Waals surface area contributed by atoms with E-state index in [9.17, 15) is 4.79 Å². The van der Waals surface area contributed by atoms with E-state index in [1.54, 1.807) is 31.2 Å². The summed E-state index contributed by atoms with van der Waals surface area (Å²) < 4.78 is 16.5. The zero-order valence-electron chi connectivity index (χ0n) is 14.2. The molecule has 136 valence electrons. The number of thiocarbonyl (C=S) groups is 1. The Hall–Kier alpha value is -3.00. The number of ether oxygens (including phenoxy) is 3. The van der Waals surface area contributed by atoms with E-state index in [0.717, 1.165) is 5.69 Å². The molecule has 1 aliphatic heterocycles. The minimum Gasteiger partial charge on any atom is -0.486 e. The number of hydrogen-bond donors (Lipinski definition) is 3. The van der Waals surface area contributed by atoms with E-state index in [-0.39, 0.29) is 11.0 Å². The molecule has 1 atom stereocenters. The van der Waals surface area contributed by atoms with E-state index < -0.39 is 6.10 Å². The second-order valence-corrected chi connectivity index (χ2v) is 5.91. The summed E-state index contributed by atoms with van der Waals surface area (Å²) in [5, 5.41) is 3.20. The maximum absolute atomic E-state index is 12.1. The van der Waals surface area contributed by atoms with Gasteiger partial charge in [0.15, 0.2) is 22.7 Å². The summed E-state index contributed by atoms with van der Waals surface area (Å²) in [6, 6.07) is 14.5. The highest BCUT2D eigenvalue weighted by Gasteiger charge is 2.15. The molecular formula is C18H19N3O4S. The van der Waals surface area contributed by atoms with Crippen molar-refractivity contribution in [3.05, 3.63) is 48.5 Å². The second-order valence-electron chi connectivity index (χ2n) is 5.50. The highest BCUT2D eigenvalue weighted by atomic mass is 32.1. The third-order valence-corrected chi connectivity index (χ3v) is 3.73. The summed E-state index contributed by atoms with van der Waals surface area (Å²) in [6.45, 7) is 2.70. The number of benzene rings is 2. The maximum atomic E-state index is 12.1. The van der Waals surface area contributed by atoms with Gasteiger partial charge in [0.1, 0.15) is 19.0 Å². The first-order valence-electron chi connectivity index (χ1n) is 8.10. The first-order chi connectivity index (χ1) is 12.6. The molecule has 26 heavy (non-hydrogen) atoms. The Morgan fingerprint density at radius 1 is 1.08 bits per heavy atom. The summed E-state index contributed by atoms with van der Waals surface area (Å²) in [4.78, 5) is 12.1. The molecule has 0 saturated carbocycles. The van der Waals surface area contributed by atoms with Gasteiger partial charge in [0.2, 0.25) is 0 Å². The lowest BCUT2D eigenvalue weighted by Gasteiger charge is -2.20. The van der Waals surface area contributed by atoms with Gasteiger partial charge in [-0.2, -0.15) is 0 Å². The van der Waals surface area contributed by atoms with Gasteiger partial charge in [-0.3, -0.25) is 15.6 Å². The molecule has 1 aliphatic rings. The average molecular weight is 373 g/mol. The van der Waals surface area contributed by atoms with Crippen molar-refractivity contribution in [2.24, 2.45) is 0 Å². The normalized spacial score (nSPS) is 13.3. The Bertz CT molecular complexity index is 785. The molecule has 0 radical (unpaired) electrons. The van der Waals surface area contributed by atoms with E-state index in [1.165, 1.54) is 0 Å². The van der Waals surface area contributed by atoms with Gasteiger partial charge in [-0.25, -0.2) is 0 Å². The first kappa shape index (κ1) is 17.8. The van der Waals surface area contributed by atoms with Gasteiger partial charge in [-0.15, -0.1) is 0 Å². The minimum absolute atomic E-state index is 0.238. The van der Waals surface area contributed by atoms with Gasteiger partial charge in [0, 0.05) is 11.8 Å². The van der Waals surface area contributed by atoms with Crippen LogP contribution in [0.3, 0.4) is 0 Å². The van der Waals surface area contributed by atoms with Crippen LogP contribution in [0, 0.1) is 0 Å². The molecule has 3 rings (SSSR count). The van der Waals surface area contributed by atoms with Crippen LogP contribution in [0.4, 0.5) is 5.69 Å². The Morgan fingerprint density at radius 3 is 2.58 bits per heavy atom. The van der Waals surface area contributed by atoms with Crippen LogP contribution in [0.25, 0.3) is 0 Å². The van der Waals surface area contributed by atoms with Gasteiger partial charge in [-0.05, 0) is 43.4 Å². The average Bonchev–Trinajstić information content (AvgIpc) is 2.66. The number of hydrogen-bond acceptors (Lipinski definition) is 5. The van der Waals surface area contributed by atoms with Gasteiger partial charge in [-0.1, -0.05) is 18.2 Å². The van der Waals surface area contributed by atoms with Gasteiger partial charge < -0.3 is 19.5 Å². The van der Waals surface area contributed by atoms with Crippen molar-refractivity contribution >= 4 is 28.9 Å². The SMILES string of the molecule is CC(Oc1ccccc1)C(=O)NNC(=S)Nc1ccc2c(c1)OCCO2. The molecule has 0 spiro atoms. The number of fused-ring (bicyclic) bond motifs is 1. The number of carbonyl (C=O) groups is 1. The third-order valence-electron chi connectivity index (χ3n) is 3.52. The second kappa shape index (κ2) is 8.39. The fourth-order valence-electron chi connectivity index (χ4n) is 2.26. The van der Waals surface area contributed by atoms with Crippen LogP contribution in [0.1, 0.15) is 6.92 Å². The number of para-hydroxylation sites is 1. The number of rotatable bonds is 4. The smallest absolute Gasteiger partial charge is 0.279 e. The van der Waals surface area contributed by atoms with Crippen molar-refractivity contribution in [3.8, 4) is 17.2 Å². The molecular weight excluding hydrogens is 354 g/mol. The number of carbonyl (C=O) groups excluding carboxylic acids is 1.